The van der Waals surface area contributed by atoms with Gasteiger partial charge >= 0.3 is 0 Å². The highest BCUT2D eigenvalue weighted by molar-refractivity contribution is 7.99. The number of alkyl halides is 1. The fourth-order valence-corrected chi connectivity index (χ4v) is 5.20. The highest BCUT2D eigenvalue weighted by Crippen LogP contribution is 2.48. The second-order valence-corrected chi connectivity index (χ2v) is 10.8. The van der Waals surface area contributed by atoms with Crippen LogP contribution in [-0.2, 0) is 11.2 Å². The molecule has 0 atom stereocenters. The number of Topliss-reactive ketones (excluding diaryl/α,β-unsaturated/α-hetero) is 1. The van der Waals surface area contributed by atoms with Crippen LogP contribution in [0.1, 0.15) is 36.9 Å². The molecule has 3 heterocycles. The molecular weight excluding hydrogens is 451 g/mol. The standard InChI is InChI=1S/C25H27FN6OS/c1-15-10-22(31-30-15)27-21-12-23(32-13-25(26,14-32)18-6-7-18)29-24(28-21)34-19-8-2-16(3-9-19)11-20(33)17-4-5-17/h2-3,8-10,12,17-18H,4-7,11,13-14H2,1H3,(H2,27,28,29,30,31). The summed E-state index contributed by atoms with van der Waals surface area (Å²) in [4.78, 5) is 24.5. The van der Waals surface area contributed by atoms with Gasteiger partial charge in [-0.1, -0.05) is 12.1 Å². The molecule has 3 fully saturated rings. The van der Waals surface area contributed by atoms with Crippen LogP contribution in [-0.4, -0.2) is 44.7 Å². The van der Waals surface area contributed by atoms with E-state index in [0.717, 1.165) is 41.8 Å². The van der Waals surface area contributed by atoms with Crippen molar-refractivity contribution in [1.29, 1.82) is 0 Å². The lowest BCUT2D eigenvalue weighted by molar-refractivity contribution is -0.119. The van der Waals surface area contributed by atoms with Crippen LogP contribution in [0.4, 0.5) is 21.8 Å². The minimum Gasteiger partial charge on any atom is -0.350 e. The molecule has 34 heavy (non-hydrogen) atoms. The van der Waals surface area contributed by atoms with Crippen molar-refractivity contribution in [3.8, 4) is 0 Å². The second kappa shape index (κ2) is 8.37. The number of nitrogens with one attached hydrogen (secondary N) is 2. The molecule has 3 aromatic rings. The first kappa shape index (κ1) is 21.6. The van der Waals surface area contributed by atoms with Crippen molar-refractivity contribution in [3.05, 3.63) is 47.7 Å². The normalized spacial score (nSPS) is 19.1. The van der Waals surface area contributed by atoms with Crippen molar-refractivity contribution in [3.63, 3.8) is 0 Å². The van der Waals surface area contributed by atoms with Crippen LogP contribution in [0.15, 0.2) is 46.5 Å². The highest BCUT2D eigenvalue weighted by Gasteiger charge is 2.54. The van der Waals surface area contributed by atoms with Crippen LogP contribution in [0, 0.1) is 18.8 Å². The van der Waals surface area contributed by atoms with Crippen LogP contribution in [0.2, 0.25) is 0 Å². The van der Waals surface area contributed by atoms with Crippen LogP contribution in [0.3, 0.4) is 0 Å². The number of anilines is 3. The number of ketones is 1. The minimum absolute atomic E-state index is 0.203. The molecule has 9 heteroatoms. The minimum atomic E-state index is -1.08. The van der Waals surface area contributed by atoms with Crippen LogP contribution in [0.5, 0.6) is 0 Å². The summed E-state index contributed by atoms with van der Waals surface area (Å²) in [6.45, 7) is 2.69. The lowest BCUT2D eigenvalue weighted by Gasteiger charge is -2.45. The molecule has 176 valence electrons. The van der Waals surface area contributed by atoms with Gasteiger partial charge in [0.1, 0.15) is 23.1 Å². The van der Waals surface area contributed by atoms with E-state index < -0.39 is 5.67 Å². The second-order valence-electron chi connectivity index (χ2n) is 9.78. The molecule has 2 aliphatic carbocycles. The molecule has 0 amide bonds. The summed E-state index contributed by atoms with van der Waals surface area (Å²) >= 11 is 1.45. The van der Waals surface area contributed by atoms with Crippen molar-refractivity contribution in [2.24, 2.45) is 11.8 Å². The molecule has 2 saturated carbocycles. The quantitative estimate of drug-likeness (QED) is 0.425. The van der Waals surface area contributed by atoms with E-state index in [1.807, 2.05) is 48.2 Å². The summed E-state index contributed by atoms with van der Waals surface area (Å²) in [6, 6.07) is 11.8. The van der Waals surface area contributed by atoms with Crippen molar-refractivity contribution < 1.29 is 9.18 Å². The third-order valence-corrected chi connectivity index (χ3v) is 7.61. The number of H-pyrrole nitrogens is 1. The van der Waals surface area contributed by atoms with Crippen LogP contribution >= 0.6 is 11.8 Å². The zero-order chi connectivity index (χ0) is 23.3. The Morgan fingerprint density at radius 2 is 1.91 bits per heavy atom. The number of hydrogen-bond acceptors (Lipinski definition) is 7. The molecular formula is C25H27FN6OS. The number of benzene rings is 1. The Morgan fingerprint density at radius 1 is 1.15 bits per heavy atom. The van der Waals surface area contributed by atoms with E-state index in [4.69, 9.17) is 4.98 Å². The van der Waals surface area contributed by atoms with E-state index in [2.05, 4.69) is 20.5 Å². The van der Waals surface area contributed by atoms with Gasteiger partial charge in [0.25, 0.3) is 0 Å². The van der Waals surface area contributed by atoms with Crippen molar-refractivity contribution in [2.75, 3.05) is 23.3 Å². The summed E-state index contributed by atoms with van der Waals surface area (Å²) in [6.07, 6.45) is 4.55. The Balaban J connectivity index is 1.20. The van der Waals surface area contributed by atoms with Gasteiger partial charge < -0.3 is 10.2 Å². The third-order valence-electron chi connectivity index (χ3n) is 6.74. The van der Waals surface area contributed by atoms with Gasteiger partial charge in [0.15, 0.2) is 11.0 Å². The van der Waals surface area contributed by atoms with E-state index in [0.29, 0.717) is 47.9 Å². The molecule has 1 aromatic carbocycles. The maximum atomic E-state index is 15.0. The topological polar surface area (TPSA) is 86.8 Å². The number of aryl methyl sites for hydroxylation is 1. The van der Waals surface area contributed by atoms with Gasteiger partial charge in [0.05, 0.1) is 13.1 Å². The number of hydrogen-bond donors (Lipinski definition) is 2. The van der Waals surface area contributed by atoms with Crippen molar-refractivity contribution in [2.45, 2.75) is 54.7 Å². The first-order valence-electron chi connectivity index (χ1n) is 11.8. The zero-order valence-corrected chi connectivity index (χ0v) is 19.9. The predicted octanol–water partition coefficient (Wildman–Crippen LogP) is 4.86. The average molecular weight is 479 g/mol. The average Bonchev–Trinajstić information content (AvgIpc) is 3.71. The van der Waals surface area contributed by atoms with Gasteiger partial charge in [0.2, 0.25) is 0 Å². The molecule has 1 aliphatic heterocycles. The molecule has 0 spiro atoms. The van der Waals surface area contributed by atoms with Gasteiger partial charge in [-0.25, -0.2) is 14.4 Å². The SMILES string of the molecule is Cc1cc(Nc2cc(N3CC(F)(C4CC4)C3)nc(Sc3ccc(CC(=O)C4CC4)cc3)n2)n[nH]1. The van der Waals surface area contributed by atoms with E-state index in [1.54, 1.807) is 0 Å². The fourth-order valence-electron chi connectivity index (χ4n) is 4.44. The zero-order valence-electron chi connectivity index (χ0n) is 19.1. The van der Waals surface area contributed by atoms with E-state index >= 15 is 0 Å². The lowest BCUT2D eigenvalue weighted by Crippen LogP contribution is -2.60. The number of halogens is 1. The van der Waals surface area contributed by atoms with Crippen molar-refractivity contribution in [1.82, 2.24) is 20.2 Å². The van der Waals surface area contributed by atoms with E-state index in [-0.39, 0.29) is 11.8 Å². The van der Waals surface area contributed by atoms with Crippen molar-refractivity contribution >= 4 is 35.0 Å². The molecule has 0 bridgehead atoms. The first-order valence-corrected chi connectivity index (χ1v) is 12.7. The first-order chi connectivity index (χ1) is 16.4. The molecule has 6 rings (SSSR count). The molecule has 3 aliphatic rings. The number of nitrogens with zero attached hydrogens (tertiary/aromatic N) is 4. The predicted molar refractivity (Wildman–Crippen MR) is 129 cm³/mol. The number of aromatic nitrogens is 4. The Hall–Kier alpha value is -2.94. The lowest BCUT2D eigenvalue weighted by atomic mass is 9.91. The molecule has 2 N–H and O–H groups in total. The summed E-state index contributed by atoms with van der Waals surface area (Å²) in [5.41, 5.74) is 0.895. The fraction of sp³-hybridized carbons (Fsp3) is 0.440. The number of carbonyl (C=O) groups is 1. The summed E-state index contributed by atoms with van der Waals surface area (Å²) in [5, 5.41) is 11.0. The summed E-state index contributed by atoms with van der Waals surface area (Å²) in [5.74, 6) is 2.82. The van der Waals surface area contributed by atoms with Gasteiger partial charge in [-0.15, -0.1) is 0 Å². The monoisotopic (exact) mass is 478 g/mol. The highest BCUT2D eigenvalue weighted by atomic mass is 32.2. The maximum absolute atomic E-state index is 15.0. The molecule has 7 nitrogen and oxygen atoms in total. The Morgan fingerprint density at radius 3 is 2.56 bits per heavy atom. The summed E-state index contributed by atoms with van der Waals surface area (Å²) in [7, 11) is 0. The van der Waals surface area contributed by atoms with Crippen LogP contribution in [0.25, 0.3) is 0 Å². The van der Waals surface area contributed by atoms with Crippen LogP contribution < -0.4 is 10.2 Å². The van der Waals surface area contributed by atoms with E-state index in [1.165, 1.54) is 11.8 Å². The molecule has 0 radical (unpaired) electrons. The van der Waals surface area contributed by atoms with E-state index in [9.17, 15) is 9.18 Å². The smallest absolute Gasteiger partial charge is 0.196 e. The largest absolute Gasteiger partial charge is 0.350 e. The molecule has 0 unspecified atom stereocenters. The Kier molecular flexibility index (Phi) is 5.32. The summed E-state index contributed by atoms with van der Waals surface area (Å²) < 4.78 is 15.0. The van der Waals surface area contributed by atoms with Gasteiger partial charge in [0, 0.05) is 35.1 Å². The van der Waals surface area contributed by atoms with Gasteiger partial charge in [-0.3, -0.25) is 9.89 Å². The Labute approximate surface area is 202 Å². The number of aromatic amines is 1. The van der Waals surface area contributed by atoms with Gasteiger partial charge in [-0.05, 0) is 68.0 Å². The maximum Gasteiger partial charge on any atom is 0.196 e. The number of carbonyl (C=O) groups excluding carboxylic acids is 1. The number of rotatable bonds is 9. The third kappa shape index (κ3) is 4.66. The van der Waals surface area contributed by atoms with Gasteiger partial charge in [-0.2, -0.15) is 5.10 Å². The molecule has 1 saturated heterocycles. The Bertz CT molecular complexity index is 1210. The molecule has 2 aromatic heterocycles.